The van der Waals surface area contributed by atoms with E-state index in [1.165, 1.54) is 6.20 Å². The molecule has 0 aliphatic carbocycles. The Labute approximate surface area is 75.0 Å². The number of hydrogen-bond donors (Lipinski definition) is 1. The van der Waals surface area contributed by atoms with E-state index in [2.05, 4.69) is 10.5 Å². The fourth-order valence-corrected chi connectivity index (χ4v) is 1.07. The van der Waals surface area contributed by atoms with E-state index in [1.54, 1.807) is 6.92 Å². The number of carbonyl (C=O) groups is 1. The quantitative estimate of drug-likeness (QED) is 0.731. The second-order valence-corrected chi connectivity index (χ2v) is 2.93. The molecule has 0 bridgehead atoms. The average Bonchev–Trinajstić information content (AvgIpc) is 2.32. The Morgan fingerprint density at radius 3 is 3.00 bits per heavy atom. The van der Waals surface area contributed by atoms with Gasteiger partial charge in [0.25, 0.3) is 5.91 Å². The van der Waals surface area contributed by atoms with Crippen LogP contribution in [0.2, 0.25) is 0 Å². The predicted molar refractivity (Wildman–Crippen MR) is 44.2 cm³/mol. The molecule has 13 heavy (non-hydrogen) atoms. The molecule has 1 unspecified atom stereocenters. The molecule has 0 aromatic carbocycles. The molecule has 0 saturated carbocycles. The van der Waals surface area contributed by atoms with E-state index < -0.39 is 0 Å². The largest absolute Gasteiger partial charge is 0.368 e. The molecule has 5 heteroatoms. The first kappa shape index (κ1) is 8.25. The maximum Gasteiger partial charge on any atom is 0.253 e. The molecule has 70 valence electrons. The van der Waals surface area contributed by atoms with Gasteiger partial charge in [-0.25, -0.2) is 0 Å². The minimum Gasteiger partial charge on any atom is -0.368 e. The molecule has 0 spiro atoms. The van der Waals surface area contributed by atoms with E-state index >= 15 is 0 Å². The summed E-state index contributed by atoms with van der Waals surface area (Å²) in [6.07, 6.45) is 1.97. The smallest absolute Gasteiger partial charge is 0.253 e. The van der Waals surface area contributed by atoms with E-state index in [-0.39, 0.29) is 12.0 Å². The van der Waals surface area contributed by atoms with Crippen LogP contribution >= 0.6 is 0 Å². The van der Waals surface area contributed by atoms with Crippen molar-refractivity contribution in [2.75, 3.05) is 11.9 Å². The number of ether oxygens (including phenoxy) is 1. The number of amides is 1. The number of rotatable bonds is 2. The lowest BCUT2D eigenvalue weighted by atomic mass is 10.2. The van der Waals surface area contributed by atoms with E-state index in [0.717, 1.165) is 6.42 Å². The number of anilines is 1. The molecule has 1 fully saturated rings. The van der Waals surface area contributed by atoms with Crippen LogP contribution in [0, 0.1) is 6.92 Å². The number of nitrogens with one attached hydrogen (secondary N) is 1. The molecule has 1 aromatic heterocycles. The van der Waals surface area contributed by atoms with Gasteiger partial charge in [-0.3, -0.25) is 4.79 Å². The second-order valence-electron chi connectivity index (χ2n) is 2.93. The van der Waals surface area contributed by atoms with Gasteiger partial charge in [0.15, 0.2) is 5.76 Å². The monoisotopic (exact) mass is 182 g/mol. The summed E-state index contributed by atoms with van der Waals surface area (Å²) >= 11 is 0. The van der Waals surface area contributed by atoms with Crippen LogP contribution in [0.25, 0.3) is 0 Å². The lowest BCUT2D eigenvalue weighted by Gasteiger charge is -2.24. The lowest BCUT2D eigenvalue weighted by Crippen LogP contribution is -2.38. The number of carbonyl (C=O) groups excluding carboxylic acids is 1. The van der Waals surface area contributed by atoms with E-state index in [1.807, 2.05) is 0 Å². The van der Waals surface area contributed by atoms with E-state index in [4.69, 9.17) is 9.26 Å². The lowest BCUT2D eigenvalue weighted by molar-refractivity contribution is -0.139. The van der Waals surface area contributed by atoms with Gasteiger partial charge in [-0.05, 0) is 6.92 Å². The molecule has 1 aliphatic rings. The maximum absolute atomic E-state index is 11.3. The summed E-state index contributed by atoms with van der Waals surface area (Å²) in [5.74, 6) is 0.477. The van der Waals surface area contributed by atoms with Crippen molar-refractivity contribution in [2.24, 2.45) is 0 Å². The van der Waals surface area contributed by atoms with Crippen molar-refractivity contribution < 1.29 is 14.1 Å². The van der Waals surface area contributed by atoms with Gasteiger partial charge in [0, 0.05) is 6.42 Å². The Kier molecular flexibility index (Phi) is 2.02. The third-order valence-electron chi connectivity index (χ3n) is 2.00. The predicted octanol–water partition coefficient (Wildman–Crippen LogP) is 0.710. The molecule has 1 aromatic rings. The maximum atomic E-state index is 11.3. The van der Waals surface area contributed by atoms with Crippen LogP contribution < -0.4 is 5.32 Å². The van der Waals surface area contributed by atoms with Gasteiger partial charge in [0.05, 0.1) is 12.8 Å². The van der Waals surface area contributed by atoms with Gasteiger partial charge in [-0.2, -0.15) is 0 Å². The molecule has 5 nitrogen and oxygen atoms in total. The van der Waals surface area contributed by atoms with Crippen molar-refractivity contribution >= 4 is 11.6 Å². The molecular weight excluding hydrogens is 172 g/mol. The summed E-state index contributed by atoms with van der Waals surface area (Å²) in [6.45, 7) is 2.41. The zero-order chi connectivity index (χ0) is 9.26. The Hall–Kier alpha value is -1.36. The molecule has 1 amide bonds. The highest BCUT2D eigenvalue weighted by Crippen LogP contribution is 2.16. The Morgan fingerprint density at radius 2 is 2.54 bits per heavy atom. The van der Waals surface area contributed by atoms with Gasteiger partial charge >= 0.3 is 0 Å². The Morgan fingerprint density at radius 1 is 1.77 bits per heavy atom. The minimum absolute atomic E-state index is 0.127. The number of nitrogens with zero attached hydrogens (tertiary/aromatic N) is 1. The first-order chi connectivity index (χ1) is 6.27. The van der Waals surface area contributed by atoms with Gasteiger partial charge in [-0.15, -0.1) is 0 Å². The molecule has 2 rings (SSSR count). The van der Waals surface area contributed by atoms with Crippen molar-refractivity contribution in [1.82, 2.24) is 5.16 Å². The van der Waals surface area contributed by atoms with Gasteiger partial charge in [0.2, 0.25) is 0 Å². The summed E-state index contributed by atoms with van der Waals surface area (Å²) in [5.41, 5.74) is 0.612. The highest BCUT2D eigenvalue weighted by Gasteiger charge is 2.26. The minimum atomic E-state index is -0.297. The second kappa shape index (κ2) is 3.18. The van der Waals surface area contributed by atoms with Gasteiger partial charge in [0.1, 0.15) is 11.8 Å². The summed E-state index contributed by atoms with van der Waals surface area (Å²) in [5, 5.41) is 6.22. The summed E-state index contributed by atoms with van der Waals surface area (Å²) in [7, 11) is 0. The first-order valence-electron chi connectivity index (χ1n) is 4.11. The topological polar surface area (TPSA) is 64.4 Å². The van der Waals surface area contributed by atoms with E-state index in [0.29, 0.717) is 18.1 Å². The van der Waals surface area contributed by atoms with Crippen LogP contribution in [0.15, 0.2) is 10.7 Å². The normalized spacial score (nSPS) is 20.8. The summed E-state index contributed by atoms with van der Waals surface area (Å²) in [4.78, 5) is 11.3. The molecule has 1 aliphatic heterocycles. The van der Waals surface area contributed by atoms with Crippen LogP contribution in [0.5, 0.6) is 0 Å². The van der Waals surface area contributed by atoms with Crippen molar-refractivity contribution in [3.8, 4) is 0 Å². The third kappa shape index (κ3) is 1.55. The summed E-state index contributed by atoms with van der Waals surface area (Å²) in [6, 6.07) is 0. The number of hydrogen-bond acceptors (Lipinski definition) is 4. The molecule has 1 atom stereocenters. The van der Waals surface area contributed by atoms with Crippen LogP contribution in [0.3, 0.4) is 0 Å². The number of aryl methyl sites for hydroxylation is 1. The van der Waals surface area contributed by atoms with E-state index in [9.17, 15) is 4.79 Å². The highest BCUT2D eigenvalue weighted by atomic mass is 16.5. The standard InChI is InChI=1S/C8H10N2O3/c1-5-6(4-9-13-5)10-8(11)7-2-3-12-7/h4,7H,2-3H2,1H3,(H,10,11). The Bertz CT molecular complexity index is 317. The van der Waals surface area contributed by atoms with Crippen LogP contribution in [0.1, 0.15) is 12.2 Å². The zero-order valence-corrected chi connectivity index (χ0v) is 7.24. The van der Waals surface area contributed by atoms with Crippen LogP contribution in [-0.4, -0.2) is 23.8 Å². The zero-order valence-electron chi connectivity index (χ0n) is 7.24. The van der Waals surface area contributed by atoms with Crippen LogP contribution in [-0.2, 0) is 9.53 Å². The first-order valence-corrected chi connectivity index (χ1v) is 4.11. The van der Waals surface area contributed by atoms with Crippen molar-refractivity contribution in [3.63, 3.8) is 0 Å². The molecular formula is C8H10N2O3. The van der Waals surface area contributed by atoms with Crippen molar-refractivity contribution in [1.29, 1.82) is 0 Å². The third-order valence-corrected chi connectivity index (χ3v) is 2.00. The molecule has 1 saturated heterocycles. The average molecular weight is 182 g/mol. The molecule has 0 radical (unpaired) electrons. The Balaban J connectivity index is 1.97. The van der Waals surface area contributed by atoms with Gasteiger partial charge < -0.3 is 14.6 Å². The van der Waals surface area contributed by atoms with Gasteiger partial charge in [-0.1, -0.05) is 5.16 Å². The molecule has 1 N–H and O–H groups in total. The molecule has 2 heterocycles. The van der Waals surface area contributed by atoms with Crippen LogP contribution in [0.4, 0.5) is 5.69 Å². The van der Waals surface area contributed by atoms with Crippen molar-refractivity contribution in [3.05, 3.63) is 12.0 Å². The number of aromatic nitrogens is 1. The highest BCUT2D eigenvalue weighted by molar-refractivity contribution is 5.94. The fraction of sp³-hybridized carbons (Fsp3) is 0.500. The van der Waals surface area contributed by atoms with Crippen molar-refractivity contribution in [2.45, 2.75) is 19.4 Å². The SMILES string of the molecule is Cc1oncc1NC(=O)C1CCO1. The fourth-order valence-electron chi connectivity index (χ4n) is 1.07. The summed E-state index contributed by atoms with van der Waals surface area (Å²) < 4.78 is 9.81.